The van der Waals surface area contributed by atoms with Crippen molar-refractivity contribution in [2.45, 2.75) is 27.2 Å². The fourth-order valence-electron chi connectivity index (χ4n) is 1.86. The van der Waals surface area contributed by atoms with E-state index in [2.05, 4.69) is 19.2 Å². The lowest BCUT2D eigenvalue weighted by Gasteiger charge is -2.24. The van der Waals surface area contributed by atoms with Gasteiger partial charge >= 0.3 is 0 Å². The number of carbonyl (C=O) groups excluding carboxylic acids is 1. The van der Waals surface area contributed by atoms with Gasteiger partial charge in [0.15, 0.2) is 0 Å². The van der Waals surface area contributed by atoms with Gasteiger partial charge in [-0.25, -0.2) is 0 Å². The lowest BCUT2D eigenvalue weighted by molar-refractivity contribution is 0.0934. The smallest absolute Gasteiger partial charge is 0.251 e. The van der Waals surface area contributed by atoms with Gasteiger partial charge in [-0.15, -0.1) is 0 Å². The van der Waals surface area contributed by atoms with Crippen molar-refractivity contribution in [3.63, 3.8) is 0 Å². The van der Waals surface area contributed by atoms with Crippen molar-refractivity contribution in [1.29, 1.82) is 0 Å². The van der Waals surface area contributed by atoms with E-state index in [4.69, 9.17) is 10.5 Å². The van der Waals surface area contributed by atoms with Gasteiger partial charge in [0.1, 0.15) is 5.75 Å². The van der Waals surface area contributed by atoms with Crippen LogP contribution in [0.1, 0.15) is 36.2 Å². The van der Waals surface area contributed by atoms with Crippen molar-refractivity contribution >= 4 is 5.91 Å². The van der Waals surface area contributed by atoms with Crippen LogP contribution in [0.5, 0.6) is 5.75 Å². The van der Waals surface area contributed by atoms with E-state index in [1.807, 2.05) is 19.1 Å². The van der Waals surface area contributed by atoms with Crippen LogP contribution in [-0.2, 0) is 0 Å². The zero-order valence-corrected chi connectivity index (χ0v) is 12.2. The quantitative estimate of drug-likeness (QED) is 0.827. The number of rotatable bonds is 6. The third-order valence-electron chi connectivity index (χ3n) is 3.22. The van der Waals surface area contributed by atoms with Crippen LogP contribution >= 0.6 is 0 Å². The lowest BCUT2D eigenvalue weighted by atomic mass is 9.89. The van der Waals surface area contributed by atoms with Gasteiger partial charge in [0, 0.05) is 12.1 Å². The molecule has 1 rings (SSSR count). The van der Waals surface area contributed by atoms with Crippen LogP contribution in [0.4, 0.5) is 0 Å². The van der Waals surface area contributed by atoms with Gasteiger partial charge in [0.05, 0.1) is 7.11 Å². The highest BCUT2D eigenvalue weighted by Gasteiger charge is 2.18. The van der Waals surface area contributed by atoms with Crippen molar-refractivity contribution in [2.75, 3.05) is 20.2 Å². The van der Waals surface area contributed by atoms with E-state index < -0.39 is 0 Å². The van der Waals surface area contributed by atoms with Crippen molar-refractivity contribution in [3.8, 4) is 5.75 Å². The second-order valence-electron chi connectivity index (χ2n) is 5.57. The molecule has 0 aromatic heterocycles. The van der Waals surface area contributed by atoms with Gasteiger partial charge in [-0.1, -0.05) is 19.9 Å². The number of benzene rings is 1. The number of hydrogen-bond donors (Lipinski definition) is 2. The van der Waals surface area contributed by atoms with Crippen molar-refractivity contribution in [1.82, 2.24) is 5.32 Å². The number of nitrogens with two attached hydrogens (primary N) is 1. The number of aryl methyl sites for hydroxylation is 1. The lowest BCUT2D eigenvalue weighted by Crippen LogP contribution is -2.35. The van der Waals surface area contributed by atoms with Crippen LogP contribution in [0.15, 0.2) is 18.2 Å². The van der Waals surface area contributed by atoms with E-state index in [0.717, 1.165) is 17.7 Å². The summed E-state index contributed by atoms with van der Waals surface area (Å²) in [5, 5.41) is 2.94. The number of amides is 1. The van der Waals surface area contributed by atoms with Crippen molar-refractivity contribution < 1.29 is 9.53 Å². The van der Waals surface area contributed by atoms with Crippen molar-refractivity contribution in [3.05, 3.63) is 29.3 Å². The molecule has 1 aromatic carbocycles. The molecule has 0 aliphatic carbocycles. The largest absolute Gasteiger partial charge is 0.496 e. The molecule has 0 aliphatic rings. The minimum atomic E-state index is -0.0802. The standard InChI is InChI=1S/C15H24N2O2/c1-11-5-6-12(9-13(11)19-4)14(18)17-10-15(2,3)7-8-16/h5-6,9H,7-8,10,16H2,1-4H3,(H,17,18). The maximum atomic E-state index is 12.1. The Morgan fingerprint density at radius 1 is 1.42 bits per heavy atom. The Morgan fingerprint density at radius 3 is 2.68 bits per heavy atom. The van der Waals surface area contributed by atoms with E-state index in [1.165, 1.54) is 0 Å². The topological polar surface area (TPSA) is 64.3 Å². The predicted molar refractivity (Wildman–Crippen MR) is 77.5 cm³/mol. The maximum absolute atomic E-state index is 12.1. The molecular weight excluding hydrogens is 240 g/mol. The first kappa shape index (κ1) is 15.5. The second kappa shape index (κ2) is 6.57. The molecule has 0 bridgehead atoms. The Bertz CT molecular complexity index is 442. The molecule has 0 unspecified atom stereocenters. The molecule has 3 N–H and O–H groups in total. The summed E-state index contributed by atoms with van der Waals surface area (Å²) in [7, 11) is 1.61. The van der Waals surface area contributed by atoms with Gasteiger partial charge in [-0.05, 0) is 43.0 Å². The molecule has 1 amide bonds. The Morgan fingerprint density at radius 2 is 2.11 bits per heavy atom. The summed E-state index contributed by atoms with van der Waals surface area (Å²) >= 11 is 0. The molecule has 0 spiro atoms. The average Bonchev–Trinajstić information content (AvgIpc) is 2.36. The van der Waals surface area contributed by atoms with Gasteiger partial charge in [0.2, 0.25) is 0 Å². The summed E-state index contributed by atoms with van der Waals surface area (Å²) in [6.45, 7) is 7.37. The summed E-state index contributed by atoms with van der Waals surface area (Å²) < 4.78 is 5.22. The molecular formula is C15H24N2O2. The number of methoxy groups -OCH3 is 1. The van der Waals surface area contributed by atoms with Gasteiger partial charge in [0.25, 0.3) is 5.91 Å². The average molecular weight is 264 g/mol. The van der Waals surface area contributed by atoms with Crippen LogP contribution in [-0.4, -0.2) is 26.1 Å². The molecule has 4 heteroatoms. The number of carbonyl (C=O) groups is 1. The van der Waals surface area contributed by atoms with E-state index in [1.54, 1.807) is 13.2 Å². The minimum Gasteiger partial charge on any atom is -0.496 e. The van der Waals surface area contributed by atoms with Crippen LogP contribution in [0.2, 0.25) is 0 Å². The first-order chi connectivity index (χ1) is 8.89. The van der Waals surface area contributed by atoms with Gasteiger partial charge < -0.3 is 15.8 Å². The van der Waals surface area contributed by atoms with Crippen molar-refractivity contribution in [2.24, 2.45) is 11.1 Å². The molecule has 4 nitrogen and oxygen atoms in total. The third-order valence-corrected chi connectivity index (χ3v) is 3.22. The highest BCUT2D eigenvalue weighted by atomic mass is 16.5. The maximum Gasteiger partial charge on any atom is 0.251 e. The van der Waals surface area contributed by atoms with Gasteiger partial charge in [-0.2, -0.15) is 0 Å². The van der Waals surface area contributed by atoms with Crippen LogP contribution < -0.4 is 15.8 Å². The number of nitrogens with one attached hydrogen (secondary N) is 1. The summed E-state index contributed by atoms with van der Waals surface area (Å²) in [6.07, 6.45) is 0.879. The van der Waals surface area contributed by atoms with Crippen LogP contribution in [0, 0.1) is 12.3 Å². The van der Waals surface area contributed by atoms with Crippen LogP contribution in [0.3, 0.4) is 0 Å². The summed E-state index contributed by atoms with van der Waals surface area (Å²) in [6, 6.07) is 5.46. The zero-order valence-electron chi connectivity index (χ0n) is 12.2. The SMILES string of the molecule is COc1cc(C(=O)NCC(C)(C)CCN)ccc1C. The fourth-order valence-corrected chi connectivity index (χ4v) is 1.86. The Balaban J connectivity index is 2.68. The predicted octanol–water partition coefficient (Wildman–Crippen LogP) is 2.11. The highest BCUT2D eigenvalue weighted by Crippen LogP contribution is 2.20. The molecule has 0 atom stereocenters. The van der Waals surface area contributed by atoms with E-state index in [-0.39, 0.29) is 11.3 Å². The molecule has 1 aromatic rings. The molecule has 0 fully saturated rings. The molecule has 0 saturated heterocycles. The molecule has 19 heavy (non-hydrogen) atoms. The molecule has 0 radical (unpaired) electrons. The fraction of sp³-hybridized carbons (Fsp3) is 0.533. The first-order valence-corrected chi connectivity index (χ1v) is 6.52. The third kappa shape index (κ3) is 4.56. The Hall–Kier alpha value is -1.55. The number of hydrogen-bond acceptors (Lipinski definition) is 3. The molecule has 0 saturated carbocycles. The number of ether oxygens (including phenoxy) is 1. The summed E-state index contributed by atoms with van der Waals surface area (Å²) in [5.74, 6) is 0.650. The molecule has 0 heterocycles. The summed E-state index contributed by atoms with van der Waals surface area (Å²) in [5.41, 5.74) is 7.20. The first-order valence-electron chi connectivity index (χ1n) is 6.52. The van der Waals surface area contributed by atoms with E-state index in [9.17, 15) is 4.79 Å². The Labute approximate surface area is 115 Å². The van der Waals surface area contributed by atoms with E-state index in [0.29, 0.717) is 18.7 Å². The summed E-state index contributed by atoms with van der Waals surface area (Å²) in [4.78, 5) is 12.1. The Kier molecular flexibility index (Phi) is 5.36. The minimum absolute atomic E-state index is 0.0131. The zero-order chi connectivity index (χ0) is 14.5. The highest BCUT2D eigenvalue weighted by molar-refractivity contribution is 5.94. The van der Waals surface area contributed by atoms with E-state index >= 15 is 0 Å². The molecule has 106 valence electrons. The van der Waals surface area contributed by atoms with Crippen LogP contribution in [0.25, 0.3) is 0 Å². The van der Waals surface area contributed by atoms with Gasteiger partial charge in [-0.3, -0.25) is 4.79 Å². The second-order valence-corrected chi connectivity index (χ2v) is 5.57. The molecule has 0 aliphatic heterocycles. The normalized spacial score (nSPS) is 11.2. The monoisotopic (exact) mass is 264 g/mol.